The zero-order valence-corrected chi connectivity index (χ0v) is 14.8. The summed E-state index contributed by atoms with van der Waals surface area (Å²) in [6.45, 7) is 1.97. The van der Waals surface area contributed by atoms with Crippen molar-refractivity contribution in [2.24, 2.45) is 0 Å². The number of rotatable bonds is 5. The molecular weight excluding hydrogens is 342 g/mol. The zero-order chi connectivity index (χ0) is 19.1. The molecule has 3 rings (SSSR count). The molecule has 27 heavy (non-hydrogen) atoms. The van der Waals surface area contributed by atoms with Gasteiger partial charge in [0.05, 0.1) is 5.69 Å². The van der Waals surface area contributed by atoms with E-state index in [2.05, 4.69) is 5.32 Å². The average Bonchev–Trinajstić information content (AvgIpc) is 2.70. The molecule has 0 aromatic heterocycles. The molecule has 0 aliphatic rings. The standard InChI is InChI=1S/C22H19NO4/c1-16-12-13-19(23-21(24)18-10-6-3-7-11-18)20(14-16)27-22(25)26-15-17-8-4-2-5-9-17/h2-14H,15H2,1H3,(H,23,24). The number of carbonyl (C=O) groups excluding carboxylic acids is 2. The third-order valence-electron chi connectivity index (χ3n) is 3.81. The van der Waals surface area contributed by atoms with Crippen LogP contribution in [0.5, 0.6) is 5.75 Å². The van der Waals surface area contributed by atoms with E-state index in [1.54, 1.807) is 36.4 Å². The summed E-state index contributed by atoms with van der Waals surface area (Å²) in [6.07, 6.45) is -0.834. The lowest BCUT2D eigenvalue weighted by molar-refractivity contribution is 0.0924. The fourth-order valence-corrected chi connectivity index (χ4v) is 2.44. The van der Waals surface area contributed by atoms with Gasteiger partial charge in [-0.25, -0.2) is 4.79 Å². The van der Waals surface area contributed by atoms with Gasteiger partial charge in [-0.15, -0.1) is 0 Å². The molecule has 0 heterocycles. The molecule has 3 aromatic carbocycles. The van der Waals surface area contributed by atoms with Crippen LogP contribution >= 0.6 is 0 Å². The molecule has 1 amide bonds. The van der Waals surface area contributed by atoms with Crippen LogP contribution in [0.2, 0.25) is 0 Å². The van der Waals surface area contributed by atoms with Gasteiger partial charge >= 0.3 is 6.16 Å². The number of ether oxygens (including phenoxy) is 2. The van der Waals surface area contributed by atoms with Crippen LogP contribution in [0.3, 0.4) is 0 Å². The first-order valence-electron chi connectivity index (χ1n) is 8.47. The molecule has 5 heteroatoms. The van der Waals surface area contributed by atoms with E-state index in [1.165, 1.54) is 0 Å². The third kappa shape index (κ3) is 5.19. The van der Waals surface area contributed by atoms with Crippen molar-refractivity contribution in [3.05, 3.63) is 95.6 Å². The molecule has 0 aliphatic heterocycles. The summed E-state index contributed by atoms with van der Waals surface area (Å²) in [6, 6.07) is 23.3. The maximum absolute atomic E-state index is 12.4. The second-order valence-corrected chi connectivity index (χ2v) is 5.95. The monoisotopic (exact) mass is 361 g/mol. The Morgan fingerprint density at radius 1 is 0.889 bits per heavy atom. The van der Waals surface area contributed by atoms with E-state index in [1.807, 2.05) is 49.4 Å². The first-order valence-corrected chi connectivity index (χ1v) is 8.47. The van der Waals surface area contributed by atoms with Gasteiger partial charge in [-0.1, -0.05) is 54.6 Å². The quantitative estimate of drug-likeness (QED) is 0.515. The van der Waals surface area contributed by atoms with Crippen molar-refractivity contribution in [3.8, 4) is 5.75 Å². The van der Waals surface area contributed by atoms with E-state index in [4.69, 9.17) is 9.47 Å². The molecule has 1 N–H and O–H groups in total. The highest BCUT2D eigenvalue weighted by Gasteiger charge is 2.14. The second-order valence-electron chi connectivity index (χ2n) is 5.95. The van der Waals surface area contributed by atoms with Gasteiger partial charge in [-0.3, -0.25) is 4.79 Å². The maximum Gasteiger partial charge on any atom is 0.514 e. The van der Waals surface area contributed by atoms with E-state index >= 15 is 0 Å². The molecule has 0 aliphatic carbocycles. The van der Waals surface area contributed by atoms with Gasteiger partial charge in [0.1, 0.15) is 6.61 Å². The van der Waals surface area contributed by atoms with Crippen LogP contribution in [0.4, 0.5) is 10.5 Å². The Bertz CT molecular complexity index is 924. The fraction of sp³-hybridized carbons (Fsp3) is 0.0909. The van der Waals surface area contributed by atoms with Crippen LogP contribution in [-0.2, 0) is 11.3 Å². The van der Waals surface area contributed by atoms with Crippen molar-refractivity contribution in [3.63, 3.8) is 0 Å². The number of benzene rings is 3. The highest BCUT2D eigenvalue weighted by atomic mass is 16.7. The summed E-state index contributed by atoms with van der Waals surface area (Å²) in [5.41, 5.74) is 2.65. The molecule has 0 radical (unpaired) electrons. The predicted molar refractivity (Wildman–Crippen MR) is 103 cm³/mol. The van der Waals surface area contributed by atoms with Crippen molar-refractivity contribution in [2.45, 2.75) is 13.5 Å². The Balaban J connectivity index is 1.68. The smallest absolute Gasteiger partial charge is 0.429 e. The first-order chi connectivity index (χ1) is 13.1. The second kappa shape index (κ2) is 8.67. The topological polar surface area (TPSA) is 64.6 Å². The highest BCUT2D eigenvalue weighted by Crippen LogP contribution is 2.27. The zero-order valence-electron chi connectivity index (χ0n) is 14.8. The summed E-state index contributed by atoms with van der Waals surface area (Å²) in [7, 11) is 0. The molecule has 136 valence electrons. The van der Waals surface area contributed by atoms with Crippen molar-refractivity contribution in [1.82, 2.24) is 0 Å². The van der Waals surface area contributed by atoms with Crippen LogP contribution in [0, 0.1) is 6.92 Å². The average molecular weight is 361 g/mol. The van der Waals surface area contributed by atoms with Gasteiger partial charge in [0.25, 0.3) is 5.91 Å². The minimum absolute atomic E-state index is 0.108. The van der Waals surface area contributed by atoms with Crippen LogP contribution in [0.15, 0.2) is 78.9 Å². The first kappa shape index (κ1) is 18.2. The SMILES string of the molecule is Cc1ccc(NC(=O)c2ccccc2)c(OC(=O)OCc2ccccc2)c1. The lowest BCUT2D eigenvalue weighted by atomic mass is 10.2. The largest absolute Gasteiger partial charge is 0.514 e. The van der Waals surface area contributed by atoms with E-state index < -0.39 is 6.16 Å². The molecule has 0 saturated carbocycles. The van der Waals surface area contributed by atoms with Gasteiger partial charge in [0, 0.05) is 5.56 Å². The van der Waals surface area contributed by atoms with E-state index in [-0.39, 0.29) is 18.3 Å². The van der Waals surface area contributed by atoms with Gasteiger partial charge in [-0.05, 0) is 42.3 Å². The number of hydrogen-bond donors (Lipinski definition) is 1. The number of hydrogen-bond acceptors (Lipinski definition) is 4. The fourth-order valence-electron chi connectivity index (χ4n) is 2.44. The van der Waals surface area contributed by atoms with Gasteiger partial charge in [0.15, 0.2) is 5.75 Å². The lowest BCUT2D eigenvalue weighted by Gasteiger charge is -2.12. The van der Waals surface area contributed by atoms with Crippen LogP contribution in [0.25, 0.3) is 0 Å². The van der Waals surface area contributed by atoms with E-state index in [9.17, 15) is 9.59 Å². The predicted octanol–water partition coefficient (Wildman–Crippen LogP) is 4.96. The molecule has 0 saturated heterocycles. The van der Waals surface area contributed by atoms with Crippen LogP contribution in [-0.4, -0.2) is 12.1 Å². The van der Waals surface area contributed by atoms with Gasteiger partial charge < -0.3 is 14.8 Å². The van der Waals surface area contributed by atoms with Crippen molar-refractivity contribution < 1.29 is 19.1 Å². The molecular formula is C22H19NO4. The van der Waals surface area contributed by atoms with Crippen molar-refractivity contribution in [2.75, 3.05) is 5.32 Å². The Kier molecular flexibility index (Phi) is 5.84. The molecule has 0 unspecified atom stereocenters. The normalized spacial score (nSPS) is 10.1. The number of amides is 1. The number of anilines is 1. The van der Waals surface area contributed by atoms with E-state index in [0.29, 0.717) is 11.3 Å². The summed E-state index contributed by atoms with van der Waals surface area (Å²) in [5.74, 6) is -0.0562. The third-order valence-corrected chi connectivity index (χ3v) is 3.81. The molecule has 0 atom stereocenters. The Hall–Kier alpha value is -3.60. The summed E-state index contributed by atoms with van der Waals surface area (Å²) < 4.78 is 10.5. The summed E-state index contributed by atoms with van der Waals surface area (Å²) in [4.78, 5) is 24.4. The van der Waals surface area contributed by atoms with Crippen molar-refractivity contribution in [1.29, 1.82) is 0 Å². The highest BCUT2D eigenvalue weighted by molar-refractivity contribution is 6.05. The molecule has 5 nitrogen and oxygen atoms in total. The van der Waals surface area contributed by atoms with Gasteiger partial charge in [0.2, 0.25) is 0 Å². The maximum atomic E-state index is 12.4. The molecule has 3 aromatic rings. The van der Waals surface area contributed by atoms with Crippen LogP contribution in [0.1, 0.15) is 21.5 Å². The lowest BCUT2D eigenvalue weighted by Crippen LogP contribution is -2.15. The molecule has 0 fully saturated rings. The van der Waals surface area contributed by atoms with Gasteiger partial charge in [-0.2, -0.15) is 0 Å². The minimum atomic E-state index is -0.834. The molecule has 0 bridgehead atoms. The van der Waals surface area contributed by atoms with Crippen molar-refractivity contribution >= 4 is 17.7 Å². The number of carbonyl (C=O) groups is 2. The Morgan fingerprint density at radius 3 is 2.26 bits per heavy atom. The number of nitrogens with one attached hydrogen (secondary N) is 1. The minimum Gasteiger partial charge on any atom is -0.429 e. The van der Waals surface area contributed by atoms with Crippen LogP contribution < -0.4 is 10.1 Å². The molecule has 0 spiro atoms. The Labute approximate surface area is 157 Å². The van der Waals surface area contributed by atoms with E-state index in [0.717, 1.165) is 11.1 Å². The summed E-state index contributed by atoms with van der Waals surface area (Å²) in [5, 5.41) is 2.76. The number of aryl methyl sites for hydroxylation is 1. The summed E-state index contributed by atoms with van der Waals surface area (Å²) >= 11 is 0. The Morgan fingerprint density at radius 2 is 1.56 bits per heavy atom.